The summed E-state index contributed by atoms with van der Waals surface area (Å²) in [6, 6.07) is -0.583. The van der Waals surface area contributed by atoms with Gasteiger partial charge in [-0.1, -0.05) is 70.4 Å². The van der Waals surface area contributed by atoms with Gasteiger partial charge in [0.05, 0.1) is 0 Å². The zero-order chi connectivity index (χ0) is 19.7. The first-order valence-electron chi connectivity index (χ1n) is 11.3. The third kappa shape index (κ3) is 11.2. The lowest BCUT2D eigenvalue weighted by molar-refractivity contribution is -0.148. The Bertz CT molecular complexity index is 433. The lowest BCUT2D eigenvalue weighted by Gasteiger charge is -2.21. The standard InChI is InChI=1S/C23H41NO3/c1-2-3-4-5-6-7-8-9-10-11-12-13-14-15-16-19-22(25)24-20-17-18-21(24)23(26)27/h9-10,21H,2-8,11-20H2,1H3,(H,26,27)/t21-/m0/s1. The van der Waals surface area contributed by atoms with Gasteiger partial charge in [0, 0.05) is 13.0 Å². The highest BCUT2D eigenvalue weighted by Gasteiger charge is 2.33. The van der Waals surface area contributed by atoms with Gasteiger partial charge in [-0.3, -0.25) is 4.79 Å². The smallest absolute Gasteiger partial charge is 0.326 e. The number of carbonyl (C=O) groups is 2. The SMILES string of the molecule is CCCCCCCCC=CCCCCCCCC(=O)N1CCC[C@H]1C(=O)O. The van der Waals surface area contributed by atoms with Crippen molar-refractivity contribution >= 4 is 11.9 Å². The molecule has 0 saturated carbocycles. The minimum atomic E-state index is -0.856. The number of nitrogens with zero attached hydrogens (tertiary/aromatic N) is 1. The van der Waals surface area contributed by atoms with E-state index in [4.69, 9.17) is 5.11 Å². The number of allylic oxidation sites excluding steroid dienone is 2. The lowest BCUT2D eigenvalue weighted by atomic mass is 10.1. The van der Waals surface area contributed by atoms with E-state index in [1.807, 2.05) is 0 Å². The van der Waals surface area contributed by atoms with Crippen molar-refractivity contribution < 1.29 is 14.7 Å². The van der Waals surface area contributed by atoms with Crippen molar-refractivity contribution in [2.75, 3.05) is 6.54 Å². The van der Waals surface area contributed by atoms with Crippen LogP contribution in [0.25, 0.3) is 0 Å². The van der Waals surface area contributed by atoms with Crippen LogP contribution in [0.4, 0.5) is 0 Å². The van der Waals surface area contributed by atoms with E-state index < -0.39 is 12.0 Å². The van der Waals surface area contributed by atoms with Gasteiger partial charge in [-0.15, -0.1) is 0 Å². The molecule has 4 heteroatoms. The molecule has 1 heterocycles. The summed E-state index contributed by atoms with van der Waals surface area (Å²) in [6.07, 6.45) is 22.7. The summed E-state index contributed by atoms with van der Waals surface area (Å²) in [5, 5.41) is 9.14. The second-order valence-electron chi connectivity index (χ2n) is 7.92. The average Bonchev–Trinajstić information content (AvgIpc) is 3.15. The molecule has 156 valence electrons. The molecule has 0 aromatic heterocycles. The fourth-order valence-corrected chi connectivity index (χ4v) is 3.81. The monoisotopic (exact) mass is 379 g/mol. The summed E-state index contributed by atoms with van der Waals surface area (Å²) in [5.74, 6) is -0.831. The fourth-order valence-electron chi connectivity index (χ4n) is 3.81. The number of carboxylic acids is 1. The summed E-state index contributed by atoms with van der Waals surface area (Å²) in [5.41, 5.74) is 0. The highest BCUT2D eigenvalue weighted by atomic mass is 16.4. The molecular formula is C23H41NO3. The van der Waals surface area contributed by atoms with E-state index in [1.54, 1.807) is 4.90 Å². The van der Waals surface area contributed by atoms with Crippen molar-refractivity contribution in [1.82, 2.24) is 4.90 Å². The van der Waals surface area contributed by atoms with E-state index in [0.717, 1.165) is 19.3 Å². The molecule has 27 heavy (non-hydrogen) atoms. The molecule has 0 radical (unpaired) electrons. The zero-order valence-corrected chi connectivity index (χ0v) is 17.5. The molecule has 4 nitrogen and oxygen atoms in total. The van der Waals surface area contributed by atoms with E-state index in [0.29, 0.717) is 19.4 Å². The van der Waals surface area contributed by atoms with Gasteiger partial charge in [-0.05, 0) is 44.9 Å². The molecule has 1 rings (SSSR count). The largest absolute Gasteiger partial charge is 0.480 e. The predicted molar refractivity (Wildman–Crippen MR) is 112 cm³/mol. The van der Waals surface area contributed by atoms with Gasteiger partial charge in [0.15, 0.2) is 0 Å². The van der Waals surface area contributed by atoms with E-state index in [1.165, 1.54) is 70.6 Å². The maximum absolute atomic E-state index is 12.1. The number of rotatable bonds is 16. The van der Waals surface area contributed by atoms with Crippen molar-refractivity contribution in [2.24, 2.45) is 0 Å². The molecule has 0 aliphatic carbocycles. The summed E-state index contributed by atoms with van der Waals surface area (Å²) < 4.78 is 0. The predicted octanol–water partition coefficient (Wildman–Crippen LogP) is 6.10. The van der Waals surface area contributed by atoms with Gasteiger partial charge in [0.2, 0.25) is 5.91 Å². The molecule has 0 aromatic rings. The van der Waals surface area contributed by atoms with E-state index in [-0.39, 0.29) is 5.91 Å². The van der Waals surface area contributed by atoms with Crippen LogP contribution in [-0.2, 0) is 9.59 Å². The number of aliphatic carboxylic acids is 1. The number of hydrogen-bond acceptors (Lipinski definition) is 2. The molecule has 1 fully saturated rings. The summed E-state index contributed by atoms with van der Waals surface area (Å²) >= 11 is 0. The molecule has 1 aliphatic rings. The number of amides is 1. The van der Waals surface area contributed by atoms with E-state index in [2.05, 4.69) is 19.1 Å². The maximum atomic E-state index is 12.1. The van der Waals surface area contributed by atoms with E-state index >= 15 is 0 Å². The highest BCUT2D eigenvalue weighted by Crippen LogP contribution is 2.19. The van der Waals surface area contributed by atoms with Crippen molar-refractivity contribution in [1.29, 1.82) is 0 Å². The molecule has 0 aromatic carbocycles. The van der Waals surface area contributed by atoms with Crippen LogP contribution in [-0.4, -0.2) is 34.5 Å². The van der Waals surface area contributed by atoms with Crippen LogP contribution in [0, 0.1) is 0 Å². The minimum Gasteiger partial charge on any atom is -0.480 e. The molecule has 0 unspecified atom stereocenters. The van der Waals surface area contributed by atoms with Gasteiger partial charge in [0.1, 0.15) is 6.04 Å². The van der Waals surface area contributed by atoms with Gasteiger partial charge in [-0.25, -0.2) is 4.79 Å². The first-order chi connectivity index (χ1) is 13.2. The molecule has 1 aliphatic heterocycles. The van der Waals surface area contributed by atoms with Crippen molar-refractivity contribution in [3.63, 3.8) is 0 Å². The Kier molecular flexibility index (Phi) is 13.8. The first-order valence-corrected chi connectivity index (χ1v) is 11.3. The van der Waals surface area contributed by atoms with Crippen LogP contribution in [0.5, 0.6) is 0 Å². The Morgan fingerprint density at radius 1 is 0.889 bits per heavy atom. The summed E-state index contributed by atoms with van der Waals surface area (Å²) in [4.78, 5) is 24.8. The maximum Gasteiger partial charge on any atom is 0.326 e. The number of unbranched alkanes of at least 4 members (excludes halogenated alkanes) is 11. The molecule has 0 bridgehead atoms. The number of likely N-dealkylation sites (tertiary alicyclic amines) is 1. The van der Waals surface area contributed by atoms with Gasteiger partial charge in [0.25, 0.3) is 0 Å². The Hall–Kier alpha value is -1.32. The third-order valence-electron chi connectivity index (χ3n) is 5.51. The number of hydrogen-bond donors (Lipinski definition) is 1. The molecule has 1 saturated heterocycles. The Balaban J connectivity index is 1.89. The Morgan fingerprint density at radius 3 is 2.04 bits per heavy atom. The van der Waals surface area contributed by atoms with Crippen molar-refractivity contribution in [2.45, 2.75) is 116 Å². The van der Waals surface area contributed by atoms with Crippen LogP contribution in [0.1, 0.15) is 110 Å². The molecule has 1 N–H and O–H groups in total. The molecular weight excluding hydrogens is 338 g/mol. The van der Waals surface area contributed by atoms with Crippen molar-refractivity contribution in [3.8, 4) is 0 Å². The summed E-state index contributed by atoms with van der Waals surface area (Å²) in [6.45, 7) is 2.87. The van der Waals surface area contributed by atoms with E-state index in [9.17, 15) is 9.59 Å². The number of carboxylic acid groups (broad SMARTS) is 1. The second-order valence-corrected chi connectivity index (χ2v) is 7.92. The molecule has 1 atom stereocenters. The highest BCUT2D eigenvalue weighted by molar-refractivity contribution is 5.84. The van der Waals surface area contributed by atoms with Gasteiger partial charge in [-0.2, -0.15) is 0 Å². The molecule has 0 spiro atoms. The lowest BCUT2D eigenvalue weighted by Crippen LogP contribution is -2.40. The summed E-state index contributed by atoms with van der Waals surface area (Å²) in [7, 11) is 0. The van der Waals surface area contributed by atoms with Crippen LogP contribution in [0.15, 0.2) is 12.2 Å². The van der Waals surface area contributed by atoms with Gasteiger partial charge < -0.3 is 10.0 Å². The fraction of sp³-hybridized carbons (Fsp3) is 0.826. The van der Waals surface area contributed by atoms with Crippen molar-refractivity contribution in [3.05, 3.63) is 12.2 Å². The third-order valence-corrected chi connectivity index (χ3v) is 5.51. The minimum absolute atomic E-state index is 0.0255. The normalized spacial score (nSPS) is 17.1. The van der Waals surface area contributed by atoms with Gasteiger partial charge >= 0.3 is 5.97 Å². The average molecular weight is 380 g/mol. The Morgan fingerprint density at radius 2 is 1.44 bits per heavy atom. The first kappa shape index (κ1) is 23.7. The molecule has 1 amide bonds. The van der Waals surface area contributed by atoms with Crippen LogP contribution >= 0.6 is 0 Å². The quantitative estimate of drug-likeness (QED) is 0.260. The Labute approximate surface area is 166 Å². The topological polar surface area (TPSA) is 57.6 Å². The second kappa shape index (κ2) is 15.7. The van der Waals surface area contributed by atoms with Crippen LogP contribution in [0.2, 0.25) is 0 Å². The number of carbonyl (C=O) groups excluding carboxylic acids is 1. The van der Waals surface area contributed by atoms with Crippen LogP contribution < -0.4 is 0 Å². The zero-order valence-electron chi connectivity index (χ0n) is 17.5. The van der Waals surface area contributed by atoms with Crippen LogP contribution in [0.3, 0.4) is 0 Å².